The molecule has 1 N–H and O–H groups in total. The second kappa shape index (κ2) is 7.65. The van der Waals surface area contributed by atoms with Crippen molar-refractivity contribution in [2.75, 3.05) is 11.0 Å². The van der Waals surface area contributed by atoms with Gasteiger partial charge in [0, 0.05) is 12.6 Å². The van der Waals surface area contributed by atoms with Gasteiger partial charge in [0.05, 0.1) is 0 Å². The number of nitrogens with one attached hydrogen (secondary N) is 1. The monoisotopic (exact) mass is 336 g/mol. The summed E-state index contributed by atoms with van der Waals surface area (Å²) in [6, 6.07) is 1.64. The normalized spacial score (nSPS) is 10.4. The Morgan fingerprint density at radius 1 is 1.44 bits per heavy atom. The Morgan fingerprint density at radius 2 is 2.19 bits per heavy atom. The Morgan fingerprint density at radius 3 is 2.81 bits per heavy atom. The van der Waals surface area contributed by atoms with E-state index in [1.54, 1.807) is 13.0 Å². The predicted octanol–water partition coefficient (Wildman–Crippen LogP) is 2.71. The first-order valence-electron chi connectivity index (χ1n) is 5.51. The van der Waals surface area contributed by atoms with Crippen molar-refractivity contribution in [1.29, 1.82) is 0 Å². The number of carbonyl (C=O) groups is 1. The molecule has 0 spiro atoms. The molecule has 0 atom stereocenters. The Bertz CT molecular complexity index is 326. The van der Waals surface area contributed by atoms with Gasteiger partial charge in [0.2, 0.25) is 0 Å². The molecule has 0 saturated heterocycles. The molecular formula is C11H17IN2O2. The quantitative estimate of drug-likeness (QED) is 0.473. The number of aryl methyl sites for hydroxylation is 1. The van der Waals surface area contributed by atoms with E-state index in [0.717, 1.165) is 6.42 Å². The van der Waals surface area contributed by atoms with Crippen LogP contribution in [0.15, 0.2) is 10.6 Å². The zero-order valence-corrected chi connectivity index (χ0v) is 11.6. The molecule has 0 saturated carbocycles. The number of nitrogens with zero attached hydrogens (tertiary/aromatic N) is 1. The van der Waals surface area contributed by atoms with Crippen LogP contribution in [0.3, 0.4) is 0 Å². The summed E-state index contributed by atoms with van der Waals surface area (Å²) in [6.45, 7) is 2.49. The van der Waals surface area contributed by atoms with Gasteiger partial charge < -0.3 is 9.84 Å². The van der Waals surface area contributed by atoms with E-state index < -0.39 is 0 Å². The van der Waals surface area contributed by atoms with Crippen LogP contribution in [0, 0.1) is 6.92 Å². The van der Waals surface area contributed by atoms with E-state index in [1.165, 1.54) is 23.7 Å². The number of carbonyl (C=O) groups excluding carboxylic acids is 1. The SMILES string of the molecule is Cc1cc(C(=O)NCCCCCCI)no1. The third kappa shape index (κ3) is 4.96. The van der Waals surface area contributed by atoms with E-state index >= 15 is 0 Å². The lowest BCUT2D eigenvalue weighted by Crippen LogP contribution is -2.24. The van der Waals surface area contributed by atoms with E-state index in [2.05, 4.69) is 33.1 Å². The predicted molar refractivity (Wildman–Crippen MR) is 70.9 cm³/mol. The Labute approximate surface area is 109 Å². The molecule has 0 unspecified atom stereocenters. The fourth-order valence-electron chi connectivity index (χ4n) is 1.34. The van der Waals surface area contributed by atoms with Crippen molar-refractivity contribution in [3.05, 3.63) is 17.5 Å². The third-order valence-electron chi connectivity index (χ3n) is 2.21. The maximum Gasteiger partial charge on any atom is 0.273 e. The number of amides is 1. The van der Waals surface area contributed by atoms with Gasteiger partial charge in [-0.3, -0.25) is 4.79 Å². The first-order chi connectivity index (χ1) is 7.74. The second-order valence-corrected chi connectivity index (χ2v) is 4.76. The van der Waals surface area contributed by atoms with Gasteiger partial charge in [-0.15, -0.1) is 0 Å². The fraction of sp³-hybridized carbons (Fsp3) is 0.636. The first kappa shape index (κ1) is 13.5. The number of rotatable bonds is 7. The molecule has 0 radical (unpaired) electrons. The molecular weight excluding hydrogens is 319 g/mol. The molecule has 0 aliphatic carbocycles. The van der Waals surface area contributed by atoms with Crippen molar-refractivity contribution in [1.82, 2.24) is 10.5 Å². The number of alkyl halides is 1. The van der Waals surface area contributed by atoms with E-state index in [0.29, 0.717) is 18.0 Å². The molecule has 1 aromatic heterocycles. The van der Waals surface area contributed by atoms with Crippen molar-refractivity contribution in [2.24, 2.45) is 0 Å². The average Bonchev–Trinajstić information content (AvgIpc) is 2.70. The highest BCUT2D eigenvalue weighted by Crippen LogP contribution is 2.03. The van der Waals surface area contributed by atoms with Gasteiger partial charge in [0.1, 0.15) is 5.76 Å². The minimum absolute atomic E-state index is 0.147. The van der Waals surface area contributed by atoms with Crippen LogP contribution >= 0.6 is 22.6 Å². The van der Waals surface area contributed by atoms with Gasteiger partial charge in [-0.05, 0) is 24.2 Å². The van der Waals surface area contributed by atoms with Crippen LogP contribution in [0.25, 0.3) is 0 Å². The van der Waals surface area contributed by atoms with Crippen LogP contribution in [0.5, 0.6) is 0 Å². The molecule has 1 aromatic rings. The first-order valence-corrected chi connectivity index (χ1v) is 7.04. The lowest BCUT2D eigenvalue weighted by atomic mass is 10.2. The van der Waals surface area contributed by atoms with Gasteiger partial charge in [-0.2, -0.15) is 0 Å². The summed E-state index contributed by atoms with van der Waals surface area (Å²) in [5.41, 5.74) is 0.366. The zero-order valence-electron chi connectivity index (χ0n) is 9.46. The fourth-order valence-corrected chi connectivity index (χ4v) is 1.88. The molecule has 1 heterocycles. The summed E-state index contributed by atoms with van der Waals surface area (Å²) in [5, 5.41) is 6.48. The molecule has 0 bridgehead atoms. The Kier molecular flexibility index (Phi) is 6.44. The van der Waals surface area contributed by atoms with Gasteiger partial charge in [-0.1, -0.05) is 40.6 Å². The van der Waals surface area contributed by atoms with Crippen molar-refractivity contribution < 1.29 is 9.32 Å². The highest BCUT2D eigenvalue weighted by atomic mass is 127. The van der Waals surface area contributed by atoms with E-state index in [1.807, 2.05) is 0 Å². The van der Waals surface area contributed by atoms with Crippen molar-refractivity contribution in [2.45, 2.75) is 32.6 Å². The Hall–Kier alpha value is -0.590. The standard InChI is InChI=1S/C11H17IN2O2/c1-9-8-10(14-16-9)11(15)13-7-5-3-2-4-6-12/h8H,2-7H2,1H3,(H,13,15). The lowest BCUT2D eigenvalue weighted by molar-refractivity contribution is 0.0944. The van der Waals surface area contributed by atoms with Crippen molar-refractivity contribution >= 4 is 28.5 Å². The zero-order chi connectivity index (χ0) is 11.8. The molecule has 90 valence electrons. The molecule has 0 aliphatic rings. The molecule has 1 amide bonds. The molecule has 1 rings (SSSR count). The molecule has 5 heteroatoms. The third-order valence-corrected chi connectivity index (χ3v) is 2.97. The topological polar surface area (TPSA) is 55.1 Å². The van der Waals surface area contributed by atoms with Gasteiger partial charge in [0.25, 0.3) is 5.91 Å². The molecule has 4 nitrogen and oxygen atoms in total. The molecule has 0 aliphatic heterocycles. The average molecular weight is 336 g/mol. The lowest BCUT2D eigenvalue weighted by Gasteiger charge is -2.02. The van der Waals surface area contributed by atoms with Gasteiger partial charge in [-0.25, -0.2) is 0 Å². The minimum atomic E-state index is -0.147. The maximum absolute atomic E-state index is 11.5. The summed E-state index contributed by atoms with van der Waals surface area (Å²) in [5.74, 6) is 0.512. The Balaban J connectivity index is 2.11. The van der Waals surface area contributed by atoms with Crippen molar-refractivity contribution in [3.8, 4) is 0 Å². The number of hydrogen-bond donors (Lipinski definition) is 1. The summed E-state index contributed by atoms with van der Waals surface area (Å²) < 4.78 is 6.04. The van der Waals surface area contributed by atoms with E-state index in [9.17, 15) is 4.79 Å². The van der Waals surface area contributed by atoms with Gasteiger partial charge in [0.15, 0.2) is 5.69 Å². The maximum atomic E-state index is 11.5. The van der Waals surface area contributed by atoms with Crippen LogP contribution in [0.4, 0.5) is 0 Å². The van der Waals surface area contributed by atoms with Gasteiger partial charge >= 0.3 is 0 Å². The molecule has 16 heavy (non-hydrogen) atoms. The summed E-state index contributed by atoms with van der Waals surface area (Å²) in [7, 11) is 0. The molecule has 0 aromatic carbocycles. The number of aromatic nitrogens is 1. The van der Waals surface area contributed by atoms with E-state index in [4.69, 9.17) is 4.52 Å². The molecule has 0 fully saturated rings. The van der Waals surface area contributed by atoms with Crippen LogP contribution < -0.4 is 5.32 Å². The van der Waals surface area contributed by atoms with Crippen LogP contribution in [-0.4, -0.2) is 22.0 Å². The largest absolute Gasteiger partial charge is 0.361 e. The smallest absolute Gasteiger partial charge is 0.273 e. The van der Waals surface area contributed by atoms with Crippen molar-refractivity contribution in [3.63, 3.8) is 0 Å². The van der Waals surface area contributed by atoms with Crippen LogP contribution in [0.2, 0.25) is 0 Å². The number of hydrogen-bond acceptors (Lipinski definition) is 3. The summed E-state index contributed by atoms with van der Waals surface area (Å²) >= 11 is 2.38. The van der Waals surface area contributed by atoms with E-state index in [-0.39, 0.29) is 5.91 Å². The number of unbranched alkanes of at least 4 members (excludes halogenated alkanes) is 3. The highest BCUT2D eigenvalue weighted by molar-refractivity contribution is 14.1. The second-order valence-electron chi connectivity index (χ2n) is 3.68. The summed E-state index contributed by atoms with van der Waals surface area (Å²) in [6.07, 6.45) is 4.69. The minimum Gasteiger partial charge on any atom is -0.361 e. The highest BCUT2D eigenvalue weighted by Gasteiger charge is 2.09. The van der Waals surface area contributed by atoms with Crippen LogP contribution in [-0.2, 0) is 0 Å². The summed E-state index contributed by atoms with van der Waals surface area (Å²) in [4.78, 5) is 11.5. The number of halogens is 1. The van der Waals surface area contributed by atoms with Crippen LogP contribution in [0.1, 0.15) is 41.9 Å².